The molecule has 2 rings (SSSR count). The summed E-state index contributed by atoms with van der Waals surface area (Å²) in [6.45, 7) is 10.6. The molecule has 1 aromatic rings. The molecule has 1 fully saturated rings. The van der Waals surface area contributed by atoms with Gasteiger partial charge in [-0.15, -0.1) is 0 Å². The molecule has 0 radical (unpaired) electrons. The summed E-state index contributed by atoms with van der Waals surface area (Å²) in [6.07, 6.45) is 5.14. The summed E-state index contributed by atoms with van der Waals surface area (Å²) in [5.41, 5.74) is 1.49. The van der Waals surface area contributed by atoms with E-state index in [1.54, 1.807) is 0 Å². The van der Waals surface area contributed by atoms with Crippen LogP contribution in [-0.4, -0.2) is 30.6 Å². The van der Waals surface area contributed by atoms with Crippen molar-refractivity contribution in [2.45, 2.75) is 58.5 Å². The Bertz CT molecular complexity index is 382. The van der Waals surface area contributed by atoms with Crippen LogP contribution in [0.15, 0.2) is 30.3 Å². The van der Waals surface area contributed by atoms with Crippen molar-refractivity contribution in [1.82, 2.24) is 10.2 Å². The molecule has 0 amide bonds. The van der Waals surface area contributed by atoms with Crippen LogP contribution in [0.4, 0.5) is 0 Å². The number of hydrogen-bond donors (Lipinski definition) is 1. The SMILES string of the molecule is CCCN(C1CCCNC1)C(CC(C)C)c1ccccc1. The van der Waals surface area contributed by atoms with E-state index < -0.39 is 0 Å². The molecule has 1 aromatic carbocycles. The average Bonchev–Trinajstić information content (AvgIpc) is 2.52. The Morgan fingerprint density at radius 3 is 2.57 bits per heavy atom. The summed E-state index contributed by atoms with van der Waals surface area (Å²) in [5.74, 6) is 0.728. The maximum Gasteiger partial charge on any atom is 0.0354 e. The molecule has 0 spiro atoms. The van der Waals surface area contributed by atoms with Gasteiger partial charge in [0.05, 0.1) is 0 Å². The number of piperidine rings is 1. The third kappa shape index (κ3) is 4.82. The third-order valence-corrected chi connectivity index (χ3v) is 4.50. The van der Waals surface area contributed by atoms with Crippen molar-refractivity contribution >= 4 is 0 Å². The minimum Gasteiger partial charge on any atom is -0.315 e. The van der Waals surface area contributed by atoms with Crippen molar-refractivity contribution in [1.29, 1.82) is 0 Å². The van der Waals surface area contributed by atoms with Crippen LogP contribution in [0.3, 0.4) is 0 Å². The Hall–Kier alpha value is -0.860. The molecule has 0 bridgehead atoms. The second-order valence-electron chi connectivity index (χ2n) is 6.79. The van der Waals surface area contributed by atoms with Gasteiger partial charge in [-0.1, -0.05) is 51.1 Å². The lowest BCUT2D eigenvalue weighted by atomic mass is 9.92. The van der Waals surface area contributed by atoms with E-state index >= 15 is 0 Å². The van der Waals surface area contributed by atoms with Crippen molar-refractivity contribution in [2.75, 3.05) is 19.6 Å². The van der Waals surface area contributed by atoms with Crippen LogP contribution in [-0.2, 0) is 0 Å². The Kier molecular flexibility index (Phi) is 6.72. The topological polar surface area (TPSA) is 15.3 Å². The molecule has 2 unspecified atom stereocenters. The minimum atomic E-state index is 0.566. The van der Waals surface area contributed by atoms with Crippen LogP contribution in [0, 0.1) is 5.92 Å². The first-order valence-electron chi connectivity index (χ1n) is 8.73. The molecule has 1 heterocycles. The molecule has 1 N–H and O–H groups in total. The zero-order valence-electron chi connectivity index (χ0n) is 14.0. The molecule has 1 saturated heterocycles. The highest BCUT2D eigenvalue weighted by Crippen LogP contribution is 2.31. The van der Waals surface area contributed by atoms with Gasteiger partial charge in [-0.2, -0.15) is 0 Å². The minimum absolute atomic E-state index is 0.566. The normalized spacial score (nSPS) is 20.9. The molecule has 118 valence electrons. The van der Waals surface area contributed by atoms with Gasteiger partial charge < -0.3 is 5.32 Å². The summed E-state index contributed by atoms with van der Waals surface area (Å²) in [5, 5.41) is 3.59. The van der Waals surface area contributed by atoms with Gasteiger partial charge in [-0.3, -0.25) is 4.90 Å². The monoisotopic (exact) mass is 288 g/mol. The first kappa shape index (κ1) is 16.5. The lowest BCUT2D eigenvalue weighted by Crippen LogP contribution is -2.48. The molecular weight excluding hydrogens is 256 g/mol. The van der Waals surface area contributed by atoms with Crippen molar-refractivity contribution in [3.63, 3.8) is 0 Å². The average molecular weight is 288 g/mol. The third-order valence-electron chi connectivity index (χ3n) is 4.50. The van der Waals surface area contributed by atoms with Gasteiger partial charge in [0.15, 0.2) is 0 Å². The number of rotatable bonds is 7. The van der Waals surface area contributed by atoms with E-state index in [1.807, 2.05) is 0 Å². The molecule has 2 atom stereocenters. The Labute approximate surface area is 130 Å². The second-order valence-corrected chi connectivity index (χ2v) is 6.79. The summed E-state index contributed by atoms with van der Waals surface area (Å²) >= 11 is 0. The van der Waals surface area contributed by atoms with E-state index in [4.69, 9.17) is 0 Å². The first-order chi connectivity index (χ1) is 10.2. The van der Waals surface area contributed by atoms with Gasteiger partial charge >= 0.3 is 0 Å². The highest BCUT2D eigenvalue weighted by atomic mass is 15.2. The number of nitrogens with zero attached hydrogens (tertiary/aromatic N) is 1. The van der Waals surface area contributed by atoms with Crippen molar-refractivity contribution in [3.8, 4) is 0 Å². The van der Waals surface area contributed by atoms with E-state index in [2.05, 4.69) is 61.3 Å². The van der Waals surface area contributed by atoms with E-state index in [1.165, 1.54) is 44.3 Å². The van der Waals surface area contributed by atoms with Gasteiger partial charge in [0, 0.05) is 18.6 Å². The molecular formula is C19H32N2. The van der Waals surface area contributed by atoms with Crippen molar-refractivity contribution < 1.29 is 0 Å². The zero-order valence-corrected chi connectivity index (χ0v) is 14.0. The van der Waals surface area contributed by atoms with Gasteiger partial charge in [-0.05, 0) is 50.3 Å². The summed E-state index contributed by atoms with van der Waals surface area (Å²) in [6, 6.07) is 12.4. The summed E-state index contributed by atoms with van der Waals surface area (Å²) in [4.78, 5) is 2.78. The summed E-state index contributed by atoms with van der Waals surface area (Å²) in [7, 11) is 0. The maximum atomic E-state index is 3.59. The molecule has 1 aliphatic heterocycles. The van der Waals surface area contributed by atoms with Gasteiger partial charge in [0.25, 0.3) is 0 Å². The molecule has 21 heavy (non-hydrogen) atoms. The van der Waals surface area contributed by atoms with Crippen LogP contribution < -0.4 is 5.32 Å². The van der Waals surface area contributed by atoms with Crippen molar-refractivity contribution in [3.05, 3.63) is 35.9 Å². The largest absolute Gasteiger partial charge is 0.315 e. The smallest absolute Gasteiger partial charge is 0.0354 e. The molecule has 0 saturated carbocycles. The molecule has 1 aliphatic rings. The fourth-order valence-electron chi connectivity index (χ4n) is 3.55. The lowest BCUT2D eigenvalue weighted by molar-refractivity contribution is 0.0978. The van der Waals surface area contributed by atoms with E-state index in [-0.39, 0.29) is 0 Å². The second kappa shape index (κ2) is 8.55. The van der Waals surface area contributed by atoms with Crippen LogP contribution in [0.2, 0.25) is 0 Å². The first-order valence-corrected chi connectivity index (χ1v) is 8.73. The summed E-state index contributed by atoms with van der Waals surface area (Å²) < 4.78 is 0. The molecule has 2 heteroatoms. The van der Waals surface area contributed by atoms with Crippen LogP contribution in [0.5, 0.6) is 0 Å². The van der Waals surface area contributed by atoms with E-state index in [0.29, 0.717) is 12.1 Å². The van der Waals surface area contributed by atoms with E-state index in [0.717, 1.165) is 12.5 Å². The quantitative estimate of drug-likeness (QED) is 0.807. The highest BCUT2D eigenvalue weighted by Gasteiger charge is 2.28. The fraction of sp³-hybridized carbons (Fsp3) is 0.684. The van der Waals surface area contributed by atoms with Crippen LogP contribution >= 0.6 is 0 Å². The number of hydrogen-bond acceptors (Lipinski definition) is 2. The zero-order chi connectivity index (χ0) is 15.1. The highest BCUT2D eigenvalue weighted by molar-refractivity contribution is 5.19. The Balaban J connectivity index is 2.21. The standard InChI is InChI=1S/C19H32N2/c1-4-13-21(18-11-8-12-20-15-18)19(14-16(2)3)17-9-6-5-7-10-17/h5-7,9-10,16,18-20H,4,8,11-15H2,1-3H3. The van der Waals surface area contributed by atoms with Crippen LogP contribution in [0.25, 0.3) is 0 Å². The van der Waals surface area contributed by atoms with E-state index in [9.17, 15) is 0 Å². The van der Waals surface area contributed by atoms with Crippen LogP contribution in [0.1, 0.15) is 58.1 Å². The maximum absolute atomic E-state index is 3.59. The molecule has 0 aliphatic carbocycles. The lowest BCUT2D eigenvalue weighted by Gasteiger charge is -2.41. The van der Waals surface area contributed by atoms with Crippen molar-refractivity contribution in [2.24, 2.45) is 5.92 Å². The predicted molar refractivity (Wildman–Crippen MR) is 91.5 cm³/mol. The Morgan fingerprint density at radius 2 is 2.00 bits per heavy atom. The molecule has 2 nitrogen and oxygen atoms in total. The predicted octanol–water partition coefficient (Wildman–Crippen LogP) is 4.24. The molecule has 0 aromatic heterocycles. The number of nitrogens with one attached hydrogen (secondary N) is 1. The fourth-order valence-corrected chi connectivity index (χ4v) is 3.55. The van der Waals surface area contributed by atoms with Gasteiger partial charge in [0.1, 0.15) is 0 Å². The Morgan fingerprint density at radius 1 is 1.24 bits per heavy atom. The number of benzene rings is 1. The van der Waals surface area contributed by atoms with Gasteiger partial charge in [0.2, 0.25) is 0 Å². The van der Waals surface area contributed by atoms with Gasteiger partial charge in [-0.25, -0.2) is 0 Å².